The summed E-state index contributed by atoms with van der Waals surface area (Å²) in [6, 6.07) is 18.6. The lowest BCUT2D eigenvalue weighted by Gasteiger charge is -2.33. The number of nitrogens with one attached hydrogen (secondary N) is 1. The van der Waals surface area contributed by atoms with E-state index in [-0.39, 0.29) is 12.5 Å². The normalized spacial score (nSPS) is 16.9. The predicted molar refractivity (Wildman–Crippen MR) is 119 cm³/mol. The highest BCUT2D eigenvalue weighted by Gasteiger charge is 2.37. The summed E-state index contributed by atoms with van der Waals surface area (Å²) >= 11 is 0. The molecule has 0 aliphatic carbocycles. The van der Waals surface area contributed by atoms with E-state index in [9.17, 15) is 13.2 Å². The topological polar surface area (TPSA) is 95.9 Å². The quantitative estimate of drug-likeness (QED) is 0.458. The van der Waals surface area contributed by atoms with Crippen molar-refractivity contribution in [1.82, 2.24) is 9.79 Å². The van der Waals surface area contributed by atoms with E-state index in [1.54, 1.807) is 30.3 Å². The van der Waals surface area contributed by atoms with Crippen LogP contribution in [0.5, 0.6) is 0 Å². The molecule has 1 aliphatic heterocycles. The summed E-state index contributed by atoms with van der Waals surface area (Å²) in [5.41, 5.74) is 3.17. The van der Waals surface area contributed by atoms with Gasteiger partial charge in [0, 0.05) is 13.1 Å². The van der Waals surface area contributed by atoms with Crippen LogP contribution in [0.4, 0.5) is 0 Å². The van der Waals surface area contributed by atoms with Crippen molar-refractivity contribution in [2.45, 2.75) is 30.6 Å². The number of hydrogen-bond donors (Lipinski definition) is 2. The Morgan fingerprint density at radius 2 is 1.71 bits per heavy atom. The van der Waals surface area contributed by atoms with Crippen molar-refractivity contribution in [2.75, 3.05) is 19.7 Å². The first-order valence-electron chi connectivity index (χ1n) is 10.3. The van der Waals surface area contributed by atoms with Crippen molar-refractivity contribution in [1.29, 1.82) is 0 Å². The van der Waals surface area contributed by atoms with Crippen LogP contribution in [0.15, 0.2) is 66.7 Å². The molecule has 166 valence electrons. The Morgan fingerprint density at radius 1 is 1.10 bits per heavy atom. The number of carbonyl (C=O) groups is 1. The molecule has 0 unspecified atom stereocenters. The number of rotatable bonds is 9. The van der Waals surface area contributed by atoms with Gasteiger partial charge in [0.15, 0.2) is 0 Å². The molecule has 1 saturated heterocycles. The van der Waals surface area contributed by atoms with Gasteiger partial charge >= 0.3 is 0 Å². The first-order chi connectivity index (χ1) is 15.0. The van der Waals surface area contributed by atoms with Gasteiger partial charge in [-0.3, -0.25) is 10.0 Å². The van der Waals surface area contributed by atoms with Crippen molar-refractivity contribution in [3.05, 3.63) is 77.9 Å². The van der Waals surface area contributed by atoms with Gasteiger partial charge < -0.3 is 4.74 Å². The van der Waals surface area contributed by atoms with Crippen LogP contribution >= 0.6 is 0 Å². The van der Waals surface area contributed by atoms with Gasteiger partial charge in [-0.05, 0) is 24.0 Å². The largest absolute Gasteiger partial charge is 0.374 e. The first-order valence-corrected chi connectivity index (χ1v) is 11.8. The molecule has 2 aromatic carbocycles. The smallest absolute Gasteiger partial charge is 0.245 e. The van der Waals surface area contributed by atoms with E-state index in [4.69, 9.17) is 9.94 Å². The maximum Gasteiger partial charge on any atom is 0.245 e. The lowest BCUT2D eigenvalue weighted by atomic mass is 10.1. The Labute approximate surface area is 183 Å². The summed E-state index contributed by atoms with van der Waals surface area (Å²) in [6.07, 6.45) is 4.78. The van der Waals surface area contributed by atoms with E-state index in [0.29, 0.717) is 38.1 Å². The number of hydroxylamine groups is 1. The molecular weight excluding hydrogens is 416 g/mol. The van der Waals surface area contributed by atoms with Gasteiger partial charge in [0.2, 0.25) is 15.9 Å². The standard InChI is InChI=1S/C23H28N2O5S/c26-23(24-27)18-22(20-11-5-2-6-12-20)31(28,29)25-15-13-21(14-16-25)30-17-7-10-19-8-3-1-4-9-19/h1-12,21-22,27H,13-18H2,(H,24,26)/t22-/m1/s1. The molecule has 7 nitrogen and oxygen atoms in total. The molecule has 8 heteroatoms. The lowest BCUT2D eigenvalue weighted by Crippen LogP contribution is -2.43. The Hall–Kier alpha value is -2.52. The number of carbonyl (C=O) groups excluding carboxylic acids is 1. The number of ether oxygens (including phenoxy) is 1. The maximum atomic E-state index is 13.3. The Morgan fingerprint density at radius 3 is 2.32 bits per heavy atom. The highest BCUT2D eigenvalue weighted by Crippen LogP contribution is 2.31. The fourth-order valence-electron chi connectivity index (χ4n) is 3.65. The van der Waals surface area contributed by atoms with Crippen LogP contribution in [-0.2, 0) is 19.6 Å². The van der Waals surface area contributed by atoms with Crippen molar-refractivity contribution >= 4 is 22.0 Å². The van der Waals surface area contributed by atoms with Gasteiger partial charge in [-0.2, -0.15) is 0 Å². The van der Waals surface area contributed by atoms with Crippen LogP contribution in [-0.4, -0.2) is 49.6 Å². The predicted octanol–water partition coefficient (Wildman–Crippen LogP) is 3.15. The first kappa shape index (κ1) is 23.1. The summed E-state index contributed by atoms with van der Waals surface area (Å²) in [4.78, 5) is 11.8. The number of sulfonamides is 1. The number of piperidine rings is 1. The second kappa shape index (κ2) is 11.2. The van der Waals surface area contributed by atoms with Gasteiger partial charge in [0.05, 0.1) is 19.1 Å². The monoisotopic (exact) mass is 444 g/mol. The molecule has 2 aromatic rings. The molecule has 31 heavy (non-hydrogen) atoms. The molecule has 3 rings (SSSR count). The number of amides is 1. The zero-order valence-corrected chi connectivity index (χ0v) is 18.1. The average Bonchev–Trinajstić information content (AvgIpc) is 2.81. The van der Waals surface area contributed by atoms with Gasteiger partial charge in [-0.25, -0.2) is 18.2 Å². The molecule has 0 radical (unpaired) electrons. The zero-order valence-electron chi connectivity index (χ0n) is 17.3. The third kappa shape index (κ3) is 6.48. The fourth-order valence-corrected chi connectivity index (χ4v) is 5.59. The molecule has 1 heterocycles. The highest BCUT2D eigenvalue weighted by molar-refractivity contribution is 7.89. The van der Waals surface area contributed by atoms with Crippen molar-refractivity contribution in [2.24, 2.45) is 0 Å². The molecule has 0 bridgehead atoms. The van der Waals surface area contributed by atoms with Crippen LogP contribution < -0.4 is 5.48 Å². The second-order valence-electron chi connectivity index (χ2n) is 7.43. The van der Waals surface area contributed by atoms with Gasteiger partial charge in [0.25, 0.3) is 0 Å². The molecule has 0 aromatic heterocycles. The van der Waals surface area contributed by atoms with Gasteiger partial charge in [-0.1, -0.05) is 72.8 Å². The van der Waals surface area contributed by atoms with E-state index in [0.717, 1.165) is 5.56 Å². The Kier molecular flexibility index (Phi) is 8.36. The SMILES string of the molecule is O=C(C[C@H](c1ccccc1)S(=O)(=O)N1CCC(OCC=Cc2ccccc2)CC1)NO. The third-order valence-corrected chi connectivity index (χ3v) is 7.57. The Balaban J connectivity index is 1.57. The Bertz CT molecular complexity index is 956. The van der Waals surface area contributed by atoms with Crippen molar-refractivity contribution in [3.63, 3.8) is 0 Å². The van der Waals surface area contributed by atoms with E-state index in [2.05, 4.69) is 0 Å². The zero-order chi connectivity index (χ0) is 22.1. The highest BCUT2D eigenvalue weighted by atomic mass is 32.2. The van der Waals surface area contributed by atoms with Crippen LogP contribution in [0.1, 0.15) is 35.6 Å². The van der Waals surface area contributed by atoms with Crippen LogP contribution in [0.3, 0.4) is 0 Å². The minimum Gasteiger partial charge on any atom is -0.374 e. The maximum absolute atomic E-state index is 13.3. The average molecular weight is 445 g/mol. The van der Waals surface area contributed by atoms with E-state index in [1.165, 1.54) is 9.79 Å². The molecule has 1 amide bonds. The summed E-state index contributed by atoms with van der Waals surface area (Å²) < 4.78 is 33.9. The summed E-state index contributed by atoms with van der Waals surface area (Å²) in [5.74, 6) is -0.735. The summed E-state index contributed by atoms with van der Waals surface area (Å²) in [6.45, 7) is 1.13. The molecule has 0 saturated carbocycles. The fraction of sp³-hybridized carbons (Fsp3) is 0.348. The number of hydrogen-bond acceptors (Lipinski definition) is 5. The minimum atomic E-state index is -3.78. The van der Waals surface area contributed by atoms with E-state index >= 15 is 0 Å². The van der Waals surface area contributed by atoms with Crippen LogP contribution in [0, 0.1) is 0 Å². The van der Waals surface area contributed by atoms with Crippen molar-refractivity contribution < 1.29 is 23.2 Å². The summed E-state index contributed by atoms with van der Waals surface area (Å²) in [5, 5.41) is 7.84. The summed E-state index contributed by atoms with van der Waals surface area (Å²) in [7, 11) is -3.78. The minimum absolute atomic E-state index is 0.0113. The molecule has 2 N–H and O–H groups in total. The molecule has 0 spiro atoms. The molecule has 1 fully saturated rings. The van der Waals surface area contributed by atoms with E-state index < -0.39 is 21.2 Å². The number of benzene rings is 2. The second-order valence-corrected chi connectivity index (χ2v) is 9.54. The number of nitrogens with zero attached hydrogens (tertiary/aromatic N) is 1. The van der Waals surface area contributed by atoms with Gasteiger partial charge in [0.1, 0.15) is 5.25 Å². The third-order valence-electron chi connectivity index (χ3n) is 5.33. The lowest BCUT2D eigenvalue weighted by molar-refractivity contribution is -0.129. The van der Waals surface area contributed by atoms with E-state index in [1.807, 2.05) is 42.5 Å². The molecular formula is C23H28N2O5S. The molecule has 1 atom stereocenters. The van der Waals surface area contributed by atoms with Crippen molar-refractivity contribution in [3.8, 4) is 0 Å². The van der Waals surface area contributed by atoms with Crippen LogP contribution in [0.2, 0.25) is 0 Å². The molecule has 1 aliphatic rings. The van der Waals surface area contributed by atoms with Crippen LogP contribution in [0.25, 0.3) is 6.08 Å². The van der Waals surface area contributed by atoms with Gasteiger partial charge in [-0.15, -0.1) is 0 Å².